The van der Waals surface area contributed by atoms with Gasteiger partial charge in [0.15, 0.2) is 5.96 Å². The zero-order valence-corrected chi connectivity index (χ0v) is 41.3. The van der Waals surface area contributed by atoms with E-state index in [9.17, 15) is 61.0 Å². The smallest absolute Gasteiger partial charge is 0.311 e. The molecule has 0 unspecified atom stereocenters. The molecule has 1 aliphatic heterocycles. The van der Waals surface area contributed by atoms with E-state index in [2.05, 4.69) is 4.99 Å². The molecule has 388 valence electrons. The first-order chi connectivity index (χ1) is 31.0. The largest absolute Gasteiger partial charge is 0.461 e. The second-order valence-corrected chi connectivity index (χ2v) is 19.9. The van der Waals surface area contributed by atoms with Gasteiger partial charge in [-0.25, -0.2) is 0 Å². The fraction of sp³-hybridized carbons (Fsp3) is 0.880. The van der Waals surface area contributed by atoms with E-state index in [1.165, 1.54) is 6.08 Å². The SMILES string of the molecule is CCCC[C@@H]1C(=O)O[C@@H]([C@H](C)[C@H](O)CCCN=C(N)N)[C@@H](C)C=C(C)CCCC[C@H](O)C[C@@H](O)C[C@H](O)C[C@H](O)C[C@@H](O)[C@@H](O)C=C(C)[C@@H](O)CCC[C@@H](O)CCC[C@H](O)CC[C@@H](C)[C@H]1O. The number of cyclic esters (lactones) is 1. The molecule has 1 rings (SSSR count). The maximum atomic E-state index is 14.2. The summed E-state index contributed by atoms with van der Waals surface area (Å²) in [6, 6.07) is 0. The van der Waals surface area contributed by atoms with Crippen LogP contribution in [0.4, 0.5) is 0 Å². The normalized spacial score (nSPS) is 35.1. The summed E-state index contributed by atoms with van der Waals surface area (Å²) in [4.78, 5) is 18.2. The highest BCUT2D eigenvalue weighted by atomic mass is 16.5. The third-order valence-corrected chi connectivity index (χ3v) is 13.5. The second-order valence-electron chi connectivity index (χ2n) is 19.9. The van der Waals surface area contributed by atoms with E-state index in [1.54, 1.807) is 6.92 Å². The molecule has 0 aromatic heterocycles. The maximum absolute atomic E-state index is 14.2. The van der Waals surface area contributed by atoms with Crippen molar-refractivity contribution < 1.29 is 65.7 Å². The first kappa shape index (κ1) is 61.8. The van der Waals surface area contributed by atoms with Crippen molar-refractivity contribution in [1.82, 2.24) is 0 Å². The lowest BCUT2D eigenvalue weighted by molar-refractivity contribution is -0.167. The van der Waals surface area contributed by atoms with Crippen LogP contribution in [0.25, 0.3) is 0 Å². The Morgan fingerprint density at radius 3 is 1.89 bits per heavy atom. The number of nitrogens with zero attached hydrogens (tertiary/aromatic N) is 1. The number of hydrogen-bond donors (Lipinski definition) is 13. The molecule has 0 saturated carbocycles. The third kappa shape index (κ3) is 26.5. The minimum absolute atomic E-state index is 0.0274. The molecule has 0 saturated heterocycles. The monoisotopic (exact) mass is 946 g/mol. The Morgan fingerprint density at radius 1 is 0.727 bits per heavy atom. The molecule has 66 heavy (non-hydrogen) atoms. The molecule has 0 bridgehead atoms. The average Bonchev–Trinajstić information content (AvgIpc) is 3.23. The van der Waals surface area contributed by atoms with Crippen LogP contribution in [0.5, 0.6) is 0 Å². The Hall–Kier alpha value is -2.22. The van der Waals surface area contributed by atoms with Gasteiger partial charge in [-0.2, -0.15) is 0 Å². The summed E-state index contributed by atoms with van der Waals surface area (Å²) in [5.74, 6) is -2.50. The van der Waals surface area contributed by atoms with Crippen LogP contribution in [0.2, 0.25) is 0 Å². The minimum Gasteiger partial charge on any atom is -0.461 e. The molecule has 0 spiro atoms. The highest BCUT2D eigenvalue weighted by Crippen LogP contribution is 2.31. The summed E-state index contributed by atoms with van der Waals surface area (Å²) >= 11 is 0. The predicted octanol–water partition coefficient (Wildman–Crippen LogP) is 3.78. The molecule has 0 fully saturated rings. The number of unbranched alkanes of at least 4 members (excludes halogenated alkanes) is 1. The molecule has 0 amide bonds. The molecule has 0 radical (unpaired) electrons. The zero-order chi connectivity index (χ0) is 49.9. The van der Waals surface area contributed by atoms with E-state index < -0.39 is 91.1 Å². The van der Waals surface area contributed by atoms with Crippen LogP contribution in [0, 0.1) is 23.7 Å². The van der Waals surface area contributed by atoms with Gasteiger partial charge >= 0.3 is 5.97 Å². The van der Waals surface area contributed by atoms with Crippen molar-refractivity contribution in [1.29, 1.82) is 0 Å². The van der Waals surface area contributed by atoms with Crippen molar-refractivity contribution in [3.05, 3.63) is 23.3 Å². The Balaban J connectivity index is 3.28. The lowest BCUT2D eigenvalue weighted by Crippen LogP contribution is -2.42. The Kier molecular flexibility index (Phi) is 32.0. The van der Waals surface area contributed by atoms with E-state index in [1.807, 2.05) is 40.7 Å². The number of ether oxygens (including phenoxy) is 1. The van der Waals surface area contributed by atoms with Gasteiger partial charge in [0.25, 0.3) is 0 Å². The van der Waals surface area contributed by atoms with Crippen molar-refractivity contribution >= 4 is 11.9 Å². The minimum atomic E-state index is -1.38. The van der Waals surface area contributed by atoms with Gasteiger partial charge in [-0.15, -0.1) is 0 Å². The van der Waals surface area contributed by atoms with Crippen LogP contribution in [-0.4, -0.2) is 148 Å². The first-order valence-corrected chi connectivity index (χ1v) is 25.2. The molecule has 0 aromatic rings. The van der Waals surface area contributed by atoms with Crippen molar-refractivity contribution in [2.24, 2.45) is 40.1 Å². The van der Waals surface area contributed by atoms with Crippen LogP contribution in [0.15, 0.2) is 28.3 Å². The number of carbonyl (C=O) groups excluding carboxylic acids is 1. The fourth-order valence-electron chi connectivity index (χ4n) is 9.10. The van der Waals surface area contributed by atoms with Crippen molar-refractivity contribution in [2.75, 3.05) is 6.54 Å². The number of esters is 1. The molecule has 16 nitrogen and oxygen atoms in total. The van der Waals surface area contributed by atoms with E-state index >= 15 is 0 Å². The van der Waals surface area contributed by atoms with Gasteiger partial charge in [-0.1, -0.05) is 64.7 Å². The summed E-state index contributed by atoms with van der Waals surface area (Å²) in [5.41, 5.74) is 12.4. The highest BCUT2D eigenvalue weighted by molar-refractivity contribution is 5.75. The van der Waals surface area contributed by atoms with Gasteiger partial charge in [0, 0.05) is 24.8 Å². The molecule has 0 aromatic carbocycles. The van der Waals surface area contributed by atoms with Crippen molar-refractivity contribution in [2.45, 2.75) is 250 Å². The number of rotatable bonds is 9. The van der Waals surface area contributed by atoms with Crippen molar-refractivity contribution in [3.63, 3.8) is 0 Å². The van der Waals surface area contributed by atoms with Crippen molar-refractivity contribution in [3.8, 4) is 0 Å². The molecule has 1 aliphatic rings. The van der Waals surface area contributed by atoms with Crippen LogP contribution >= 0.6 is 0 Å². The number of aliphatic imine (C=N–C) groups is 1. The number of allylic oxidation sites excluding steroid dienone is 1. The molecule has 16 atom stereocenters. The van der Waals surface area contributed by atoms with Gasteiger partial charge in [0.2, 0.25) is 0 Å². The molecule has 15 N–H and O–H groups in total. The number of hydrogen-bond acceptors (Lipinski definition) is 14. The zero-order valence-electron chi connectivity index (χ0n) is 41.3. The summed E-state index contributed by atoms with van der Waals surface area (Å²) in [6.45, 7) is 11.6. The van der Waals surface area contributed by atoms with Gasteiger partial charge in [-0.3, -0.25) is 9.79 Å². The first-order valence-electron chi connectivity index (χ1n) is 25.2. The van der Waals surface area contributed by atoms with Gasteiger partial charge in [-0.05, 0) is 134 Å². The summed E-state index contributed by atoms with van der Waals surface area (Å²) in [5, 5.41) is 119. The fourth-order valence-corrected chi connectivity index (χ4v) is 9.10. The molecule has 1 heterocycles. The standard InChI is InChI=1S/C50H95N3O13/c1-7-8-19-42-47(64)32(3)22-23-37(55)17-11-16-36(54)18-12-20-43(60)33(4)26-45(62)46(63)30-41(59)29-40(58)28-39(57)27-38(56)15-10-9-14-31(2)25-34(5)48(66-49(42)65)35(6)44(61)21-13-24-53-50(51)52/h25-26,32,34-48,54-64H,7-24,27-30H2,1-6H3,(H4,51,52,53)/t32-,34+,35-,36+,37+,38+,39-,40+,41+,42+,43+,44-,45+,46-,47-,48-/m1/s1. The predicted molar refractivity (Wildman–Crippen MR) is 258 cm³/mol. The van der Waals surface area contributed by atoms with E-state index in [0.29, 0.717) is 108 Å². The lowest BCUT2D eigenvalue weighted by atomic mass is 9.84. The maximum Gasteiger partial charge on any atom is 0.311 e. The van der Waals surface area contributed by atoms with Gasteiger partial charge in [0.05, 0.1) is 73.1 Å². The van der Waals surface area contributed by atoms with Gasteiger partial charge < -0.3 is 72.4 Å². The second kappa shape index (κ2) is 34.1. The topological polar surface area (TPSA) is 313 Å². The number of aliphatic hydroxyl groups excluding tert-OH is 11. The lowest BCUT2D eigenvalue weighted by Gasteiger charge is -2.34. The quantitative estimate of drug-likeness (QED) is 0.0515. The number of guanidine groups is 1. The Bertz CT molecular complexity index is 1380. The molecule has 0 aliphatic carbocycles. The average molecular weight is 946 g/mol. The van der Waals surface area contributed by atoms with Gasteiger partial charge in [0.1, 0.15) is 6.10 Å². The summed E-state index contributed by atoms with van der Waals surface area (Å²) in [7, 11) is 0. The number of carbonyl (C=O) groups is 1. The number of nitrogens with two attached hydrogens (primary N) is 2. The van der Waals surface area contributed by atoms with E-state index in [0.717, 1.165) is 18.4 Å². The van der Waals surface area contributed by atoms with Crippen LogP contribution < -0.4 is 11.5 Å². The summed E-state index contributed by atoms with van der Waals surface area (Å²) < 4.78 is 6.32. The van der Waals surface area contributed by atoms with Crippen LogP contribution in [0.3, 0.4) is 0 Å². The van der Waals surface area contributed by atoms with Crippen LogP contribution in [0.1, 0.15) is 176 Å². The Labute approximate surface area is 396 Å². The Morgan fingerprint density at radius 2 is 1.29 bits per heavy atom. The number of aliphatic hydroxyl groups is 11. The summed E-state index contributed by atoms with van der Waals surface area (Å²) in [6.07, 6.45) is -0.0632. The molecular formula is C50H95N3O13. The molecule has 16 heteroatoms. The highest BCUT2D eigenvalue weighted by Gasteiger charge is 2.37. The van der Waals surface area contributed by atoms with Crippen LogP contribution in [-0.2, 0) is 9.53 Å². The van der Waals surface area contributed by atoms with E-state index in [-0.39, 0.29) is 43.5 Å². The third-order valence-electron chi connectivity index (χ3n) is 13.5. The molecular weight excluding hydrogens is 851 g/mol. The van der Waals surface area contributed by atoms with E-state index in [4.69, 9.17) is 16.2 Å².